The highest BCUT2D eigenvalue weighted by molar-refractivity contribution is 6.02. The van der Waals surface area contributed by atoms with Gasteiger partial charge >= 0.3 is 0 Å². The third-order valence-corrected chi connectivity index (χ3v) is 10.4. The lowest BCUT2D eigenvalue weighted by molar-refractivity contribution is -0.141. The molecule has 62 heavy (non-hydrogen) atoms. The molecule has 0 fully saturated rings. The summed E-state index contributed by atoms with van der Waals surface area (Å²) in [6.45, 7) is 7.09. The van der Waals surface area contributed by atoms with Gasteiger partial charge in [0.1, 0.15) is 60.2 Å². The fourth-order valence-corrected chi connectivity index (χ4v) is 7.10. The molecule has 1 aliphatic rings. The zero-order valence-corrected chi connectivity index (χ0v) is 35.3. The van der Waals surface area contributed by atoms with Crippen LogP contribution in [0.1, 0.15) is 71.9 Å². The second-order valence-electron chi connectivity index (χ2n) is 15.2. The van der Waals surface area contributed by atoms with Crippen molar-refractivity contribution in [3.63, 3.8) is 0 Å². The first-order valence-electron chi connectivity index (χ1n) is 20.1. The zero-order chi connectivity index (χ0) is 45.2. The summed E-state index contributed by atoms with van der Waals surface area (Å²) in [4.78, 5) is 79.7. The molecule has 0 spiro atoms. The average Bonchev–Trinajstić information content (AvgIpc) is 3.24. The van der Waals surface area contributed by atoms with Crippen molar-refractivity contribution < 1.29 is 33.8 Å². The van der Waals surface area contributed by atoms with E-state index in [1.165, 1.54) is 20.0 Å². The number of rotatable bonds is 13. The molecule has 5 rings (SSSR count). The SMILES string of the molecule is Cc1nc(-c2ccc(C(C)C)cc2)nc(N)c1C(=O)N[C@@H](CCN)C(=O)N(C)[C@@H]1C(=O)N[C@@H](C)C(=O)N[C@H](C(=O)NCC#N)Cc2ccc(O)c(c2)-c2cc1ccc2OCCN. The van der Waals surface area contributed by atoms with Crippen LogP contribution in [0.4, 0.5) is 5.82 Å². The van der Waals surface area contributed by atoms with E-state index in [0.29, 0.717) is 34.2 Å². The molecule has 5 amide bonds. The van der Waals surface area contributed by atoms with E-state index in [1.54, 1.807) is 37.3 Å². The van der Waals surface area contributed by atoms with Gasteiger partial charge in [-0.15, -0.1) is 0 Å². The molecule has 2 heterocycles. The first-order valence-corrected chi connectivity index (χ1v) is 20.1. The number of nitriles is 1. The summed E-state index contributed by atoms with van der Waals surface area (Å²) in [6.07, 6.45) is -0.0907. The van der Waals surface area contributed by atoms with Gasteiger partial charge in [0.05, 0.1) is 11.8 Å². The van der Waals surface area contributed by atoms with E-state index in [2.05, 4.69) is 45.1 Å². The number of likely N-dealkylation sites (N-methyl/N-ethyl adjacent to an activating group) is 1. The molecular formula is C44H53N11O7. The number of phenolic OH excluding ortho intramolecular Hbond substituents is 1. The number of nitrogens with zero attached hydrogens (tertiary/aromatic N) is 4. The molecule has 326 valence electrons. The molecule has 4 atom stereocenters. The third-order valence-electron chi connectivity index (χ3n) is 10.4. The van der Waals surface area contributed by atoms with E-state index in [0.717, 1.165) is 10.5 Å². The lowest BCUT2D eigenvalue weighted by Gasteiger charge is -2.32. The monoisotopic (exact) mass is 847 g/mol. The van der Waals surface area contributed by atoms with Crippen molar-refractivity contribution in [1.82, 2.24) is 36.1 Å². The number of aryl methyl sites for hydroxylation is 1. The molecule has 1 aliphatic heterocycles. The zero-order valence-electron chi connectivity index (χ0n) is 35.3. The number of hydrogen-bond acceptors (Lipinski definition) is 13. The number of benzene rings is 3. The maximum atomic E-state index is 14.5. The van der Waals surface area contributed by atoms with Crippen molar-refractivity contribution >= 4 is 35.4 Å². The number of amides is 5. The second-order valence-corrected chi connectivity index (χ2v) is 15.2. The number of hydrogen-bond donors (Lipinski definition) is 8. The lowest BCUT2D eigenvalue weighted by Crippen LogP contribution is -2.56. The topological polar surface area (TPSA) is 294 Å². The van der Waals surface area contributed by atoms with Gasteiger partial charge < -0.3 is 53.2 Å². The van der Waals surface area contributed by atoms with Gasteiger partial charge in [-0.3, -0.25) is 24.0 Å². The summed E-state index contributed by atoms with van der Waals surface area (Å²) in [7, 11) is 1.37. The van der Waals surface area contributed by atoms with Crippen molar-refractivity contribution in [1.29, 1.82) is 5.26 Å². The van der Waals surface area contributed by atoms with Gasteiger partial charge in [0, 0.05) is 36.7 Å². The third kappa shape index (κ3) is 10.6. The Kier molecular flexibility index (Phi) is 15.2. The molecule has 0 saturated heterocycles. The Morgan fingerprint density at radius 3 is 2.37 bits per heavy atom. The number of fused-ring (bicyclic) bond motifs is 5. The Morgan fingerprint density at radius 1 is 1.00 bits per heavy atom. The number of nitrogens with one attached hydrogen (secondary N) is 4. The van der Waals surface area contributed by atoms with Crippen LogP contribution in [0, 0.1) is 18.3 Å². The second kappa shape index (κ2) is 20.4. The predicted molar refractivity (Wildman–Crippen MR) is 231 cm³/mol. The van der Waals surface area contributed by atoms with Gasteiger partial charge in [0.25, 0.3) is 5.91 Å². The van der Waals surface area contributed by atoms with E-state index in [1.807, 2.05) is 30.3 Å². The van der Waals surface area contributed by atoms with Crippen LogP contribution in [0.3, 0.4) is 0 Å². The van der Waals surface area contributed by atoms with E-state index in [4.69, 9.17) is 27.2 Å². The number of anilines is 1. The molecule has 0 unspecified atom stereocenters. The Balaban J connectivity index is 1.54. The minimum absolute atomic E-state index is 0.0368. The highest BCUT2D eigenvalue weighted by Crippen LogP contribution is 2.39. The molecule has 4 bridgehead atoms. The van der Waals surface area contributed by atoms with Crippen LogP contribution >= 0.6 is 0 Å². The quantitative estimate of drug-likeness (QED) is 0.0891. The predicted octanol–water partition coefficient (Wildman–Crippen LogP) is 1.70. The number of nitrogens with two attached hydrogens (primary N) is 3. The van der Waals surface area contributed by atoms with E-state index in [-0.39, 0.29) is 73.0 Å². The summed E-state index contributed by atoms with van der Waals surface area (Å²) < 4.78 is 5.96. The number of aromatic hydroxyl groups is 1. The first kappa shape index (κ1) is 46.0. The number of carbonyl (C=O) groups excluding carboxylic acids is 5. The van der Waals surface area contributed by atoms with Crippen LogP contribution in [-0.2, 0) is 25.6 Å². The maximum Gasteiger partial charge on any atom is 0.257 e. The Bertz CT molecular complexity index is 2340. The normalized spacial score (nSPS) is 16.8. The molecular weight excluding hydrogens is 795 g/mol. The van der Waals surface area contributed by atoms with Crippen LogP contribution in [-0.4, -0.2) is 101 Å². The molecule has 11 N–H and O–H groups in total. The van der Waals surface area contributed by atoms with Crippen molar-refractivity contribution in [2.75, 3.05) is 39.0 Å². The Morgan fingerprint density at radius 2 is 1.73 bits per heavy atom. The van der Waals surface area contributed by atoms with Crippen LogP contribution in [0.5, 0.6) is 11.5 Å². The molecule has 3 aromatic carbocycles. The van der Waals surface area contributed by atoms with Crippen LogP contribution in [0.25, 0.3) is 22.5 Å². The van der Waals surface area contributed by atoms with Gasteiger partial charge in [-0.05, 0) is 73.7 Å². The van der Waals surface area contributed by atoms with E-state index in [9.17, 15) is 29.1 Å². The standard InChI is InChI=1S/C44H53N11O7/c1-23(2)27-7-9-28(10-8-27)39-50-24(3)36(38(48)54-39)42(59)52-32(14-15-45)44(61)55(5)37-29-11-13-35(62-19-17-47)31(22-29)30-20-26(6-12-34(30)56)21-33(41(58)49-18-16-46)53-40(57)25(4)51-43(37)60/h6-13,20,22-23,25,32-33,37,56H,14-15,17-19,21,45,47H2,1-5H3,(H,49,58)(H,51,60)(H,52,59)(H,53,57)(H2,48,50,54)/t25-,32-,33-,37-/m0/s1. The van der Waals surface area contributed by atoms with Gasteiger partial charge in [0.2, 0.25) is 23.6 Å². The molecule has 0 saturated carbocycles. The number of nitrogen functional groups attached to an aromatic ring is 1. The van der Waals surface area contributed by atoms with E-state index < -0.39 is 53.7 Å². The highest BCUT2D eigenvalue weighted by Gasteiger charge is 2.36. The van der Waals surface area contributed by atoms with Crippen molar-refractivity contribution in [2.45, 2.75) is 70.6 Å². The van der Waals surface area contributed by atoms with Crippen LogP contribution in [0.15, 0.2) is 60.7 Å². The molecule has 4 aromatic rings. The molecule has 0 aliphatic carbocycles. The number of ether oxygens (including phenoxy) is 1. The average molecular weight is 848 g/mol. The summed E-state index contributed by atoms with van der Waals surface area (Å²) in [5.41, 5.74) is 21.5. The fourth-order valence-electron chi connectivity index (χ4n) is 7.10. The Labute approximate surface area is 359 Å². The largest absolute Gasteiger partial charge is 0.507 e. The van der Waals surface area contributed by atoms with Crippen molar-refractivity contribution in [3.05, 3.63) is 88.6 Å². The fraction of sp³-hybridized carbons (Fsp3) is 0.364. The van der Waals surface area contributed by atoms with Gasteiger partial charge in [-0.2, -0.15) is 5.26 Å². The number of phenols is 1. The molecule has 18 heteroatoms. The Hall–Kier alpha value is -7.10. The molecule has 0 radical (unpaired) electrons. The number of carbonyl (C=O) groups is 5. The summed E-state index contributed by atoms with van der Waals surface area (Å²) in [5, 5.41) is 30.8. The van der Waals surface area contributed by atoms with Crippen LogP contribution in [0.2, 0.25) is 0 Å². The van der Waals surface area contributed by atoms with Gasteiger partial charge in [0.15, 0.2) is 5.82 Å². The maximum absolute atomic E-state index is 14.5. The van der Waals surface area contributed by atoms with Crippen molar-refractivity contribution in [3.8, 4) is 40.1 Å². The summed E-state index contributed by atoms with van der Waals surface area (Å²) in [6, 6.07) is 13.7. The van der Waals surface area contributed by atoms with Crippen LogP contribution < -0.4 is 43.2 Å². The van der Waals surface area contributed by atoms with Gasteiger partial charge in [-0.1, -0.05) is 50.2 Å². The van der Waals surface area contributed by atoms with Gasteiger partial charge in [-0.25, -0.2) is 9.97 Å². The molecule has 1 aromatic heterocycles. The minimum atomic E-state index is -1.45. The first-order chi connectivity index (χ1) is 29.6. The number of aromatic nitrogens is 2. The lowest BCUT2D eigenvalue weighted by atomic mass is 9.93. The summed E-state index contributed by atoms with van der Waals surface area (Å²) >= 11 is 0. The minimum Gasteiger partial charge on any atom is -0.507 e. The van der Waals surface area contributed by atoms with E-state index >= 15 is 0 Å². The smallest absolute Gasteiger partial charge is 0.257 e. The van der Waals surface area contributed by atoms with Crippen molar-refractivity contribution in [2.24, 2.45) is 11.5 Å². The molecule has 18 nitrogen and oxygen atoms in total. The highest BCUT2D eigenvalue weighted by atomic mass is 16.5. The summed E-state index contributed by atoms with van der Waals surface area (Å²) in [5.74, 6) is -2.99.